The molecule has 0 amide bonds. The van der Waals surface area contributed by atoms with Crippen LogP contribution in [0.5, 0.6) is 0 Å². The standard InChI is InChI=1S/C20H22O/c1-4-16-5-12-19(13-6-16)20(21)14-9-17-7-10-18(11-8-17)15(2)3/h5-15H,4H2,1-3H3/b14-9+. The van der Waals surface area contributed by atoms with Crippen LogP contribution in [-0.2, 0) is 6.42 Å². The van der Waals surface area contributed by atoms with E-state index in [1.165, 1.54) is 11.1 Å². The molecule has 0 unspecified atom stereocenters. The Morgan fingerprint density at radius 2 is 1.62 bits per heavy atom. The molecule has 0 radical (unpaired) electrons. The van der Waals surface area contributed by atoms with Gasteiger partial charge >= 0.3 is 0 Å². The molecule has 0 saturated heterocycles. The highest BCUT2D eigenvalue weighted by atomic mass is 16.1. The molecule has 1 heteroatoms. The summed E-state index contributed by atoms with van der Waals surface area (Å²) in [6.45, 7) is 6.46. The third-order valence-corrected chi connectivity index (χ3v) is 3.68. The van der Waals surface area contributed by atoms with Crippen molar-refractivity contribution in [1.82, 2.24) is 0 Å². The van der Waals surface area contributed by atoms with Crippen molar-refractivity contribution in [3.8, 4) is 0 Å². The number of ketones is 1. The molecule has 0 bridgehead atoms. The van der Waals surface area contributed by atoms with Crippen molar-refractivity contribution in [2.24, 2.45) is 0 Å². The molecule has 2 aromatic carbocycles. The fourth-order valence-corrected chi connectivity index (χ4v) is 2.16. The van der Waals surface area contributed by atoms with E-state index < -0.39 is 0 Å². The number of carbonyl (C=O) groups excluding carboxylic acids is 1. The predicted octanol–water partition coefficient (Wildman–Crippen LogP) is 5.27. The van der Waals surface area contributed by atoms with E-state index in [-0.39, 0.29) is 5.78 Å². The molecule has 108 valence electrons. The van der Waals surface area contributed by atoms with Gasteiger partial charge in [0.2, 0.25) is 0 Å². The first kappa shape index (κ1) is 15.2. The van der Waals surface area contributed by atoms with Crippen molar-refractivity contribution in [3.63, 3.8) is 0 Å². The summed E-state index contributed by atoms with van der Waals surface area (Å²) in [6.07, 6.45) is 4.51. The molecule has 2 rings (SSSR count). The van der Waals surface area contributed by atoms with Crippen molar-refractivity contribution in [2.45, 2.75) is 33.1 Å². The maximum Gasteiger partial charge on any atom is 0.185 e. The first-order valence-corrected chi connectivity index (χ1v) is 7.51. The van der Waals surface area contributed by atoms with E-state index in [0.29, 0.717) is 5.92 Å². The minimum absolute atomic E-state index is 0.0468. The molecular formula is C20H22O. The zero-order valence-corrected chi connectivity index (χ0v) is 13.0. The second-order valence-corrected chi connectivity index (χ2v) is 5.57. The molecule has 1 nitrogen and oxygen atoms in total. The van der Waals surface area contributed by atoms with Crippen LogP contribution in [0.25, 0.3) is 6.08 Å². The largest absolute Gasteiger partial charge is 0.289 e. The smallest absolute Gasteiger partial charge is 0.185 e. The molecule has 2 aromatic rings. The second-order valence-electron chi connectivity index (χ2n) is 5.57. The van der Waals surface area contributed by atoms with Gasteiger partial charge in [-0.3, -0.25) is 4.79 Å². The van der Waals surface area contributed by atoms with Gasteiger partial charge < -0.3 is 0 Å². The molecule has 0 aromatic heterocycles. The Bertz CT molecular complexity index is 616. The fraction of sp³-hybridized carbons (Fsp3) is 0.250. The summed E-state index contributed by atoms with van der Waals surface area (Å²) in [5, 5.41) is 0. The van der Waals surface area contributed by atoms with E-state index in [4.69, 9.17) is 0 Å². The highest BCUT2D eigenvalue weighted by molar-refractivity contribution is 6.06. The highest BCUT2D eigenvalue weighted by Gasteiger charge is 2.02. The predicted molar refractivity (Wildman–Crippen MR) is 89.7 cm³/mol. The van der Waals surface area contributed by atoms with Gasteiger partial charge in [-0.25, -0.2) is 0 Å². The first-order chi connectivity index (χ1) is 10.1. The van der Waals surface area contributed by atoms with E-state index >= 15 is 0 Å². The van der Waals surface area contributed by atoms with Gasteiger partial charge in [0.05, 0.1) is 0 Å². The Balaban J connectivity index is 2.07. The number of aryl methyl sites for hydroxylation is 1. The molecule has 0 aliphatic heterocycles. The van der Waals surface area contributed by atoms with E-state index in [0.717, 1.165) is 17.5 Å². The Labute approximate surface area is 127 Å². The summed E-state index contributed by atoms with van der Waals surface area (Å²) in [5.41, 5.74) is 4.36. The zero-order chi connectivity index (χ0) is 15.2. The number of rotatable bonds is 5. The summed E-state index contributed by atoms with van der Waals surface area (Å²) in [6, 6.07) is 16.2. The molecule has 0 aliphatic carbocycles. The minimum Gasteiger partial charge on any atom is -0.289 e. The van der Waals surface area contributed by atoms with Gasteiger partial charge in [0.25, 0.3) is 0 Å². The molecule has 0 atom stereocenters. The van der Waals surface area contributed by atoms with E-state index in [1.54, 1.807) is 6.08 Å². The van der Waals surface area contributed by atoms with Gasteiger partial charge in [-0.15, -0.1) is 0 Å². The molecule has 0 spiro atoms. The summed E-state index contributed by atoms with van der Waals surface area (Å²) >= 11 is 0. The average Bonchev–Trinajstić information content (AvgIpc) is 2.53. The molecule has 0 aliphatic rings. The van der Waals surface area contributed by atoms with Crippen LogP contribution in [0.2, 0.25) is 0 Å². The van der Waals surface area contributed by atoms with Crippen LogP contribution in [0, 0.1) is 0 Å². The maximum absolute atomic E-state index is 12.1. The average molecular weight is 278 g/mol. The van der Waals surface area contributed by atoms with Crippen LogP contribution in [0.15, 0.2) is 54.6 Å². The molecule has 0 fully saturated rings. The van der Waals surface area contributed by atoms with Crippen LogP contribution in [0.1, 0.15) is 53.7 Å². The number of hydrogen-bond donors (Lipinski definition) is 0. The zero-order valence-electron chi connectivity index (χ0n) is 13.0. The fourth-order valence-electron chi connectivity index (χ4n) is 2.16. The van der Waals surface area contributed by atoms with Crippen molar-refractivity contribution in [1.29, 1.82) is 0 Å². The van der Waals surface area contributed by atoms with Gasteiger partial charge in [-0.05, 0) is 35.1 Å². The van der Waals surface area contributed by atoms with Crippen LogP contribution in [0.4, 0.5) is 0 Å². The summed E-state index contributed by atoms with van der Waals surface area (Å²) < 4.78 is 0. The quantitative estimate of drug-likeness (QED) is 0.538. The number of hydrogen-bond acceptors (Lipinski definition) is 1. The Morgan fingerprint density at radius 3 is 2.14 bits per heavy atom. The number of benzene rings is 2. The summed E-state index contributed by atoms with van der Waals surface area (Å²) in [5.74, 6) is 0.576. The van der Waals surface area contributed by atoms with Gasteiger partial charge in [-0.1, -0.05) is 75.4 Å². The van der Waals surface area contributed by atoms with Gasteiger partial charge in [0, 0.05) is 5.56 Å². The van der Waals surface area contributed by atoms with Gasteiger partial charge in [-0.2, -0.15) is 0 Å². The van der Waals surface area contributed by atoms with Crippen molar-refractivity contribution >= 4 is 11.9 Å². The highest BCUT2D eigenvalue weighted by Crippen LogP contribution is 2.15. The third kappa shape index (κ3) is 4.16. The topological polar surface area (TPSA) is 17.1 Å². The van der Waals surface area contributed by atoms with E-state index in [9.17, 15) is 4.79 Å². The lowest BCUT2D eigenvalue weighted by Gasteiger charge is -2.04. The number of carbonyl (C=O) groups is 1. The van der Waals surface area contributed by atoms with E-state index in [1.807, 2.05) is 30.3 Å². The minimum atomic E-state index is 0.0468. The van der Waals surface area contributed by atoms with Crippen LogP contribution in [0.3, 0.4) is 0 Å². The monoisotopic (exact) mass is 278 g/mol. The Morgan fingerprint density at radius 1 is 1.00 bits per heavy atom. The van der Waals surface area contributed by atoms with E-state index in [2.05, 4.69) is 45.0 Å². The first-order valence-electron chi connectivity index (χ1n) is 7.51. The normalized spacial score (nSPS) is 11.2. The van der Waals surface area contributed by atoms with Crippen molar-refractivity contribution in [2.75, 3.05) is 0 Å². The summed E-state index contributed by atoms with van der Waals surface area (Å²) in [4.78, 5) is 12.1. The Hall–Kier alpha value is -2.15. The van der Waals surface area contributed by atoms with Crippen LogP contribution < -0.4 is 0 Å². The molecule has 21 heavy (non-hydrogen) atoms. The summed E-state index contributed by atoms with van der Waals surface area (Å²) in [7, 11) is 0. The molecular weight excluding hydrogens is 256 g/mol. The number of allylic oxidation sites excluding steroid dienone is 1. The SMILES string of the molecule is CCc1ccc(C(=O)/C=C/c2ccc(C(C)C)cc2)cc1. The van der Waals surface area contributed by atoms with Crippen LogP contribution in [-0.4, -0.2) is 5.78 Å². The van der Waals surface area contributed by atoms with Crippen LogP contribution >= 0.6 is 0 Å². The van der Waals surface area contributed by atoms with Gasteiger partial charge in [0.15, 0.2) is 5.78 Å². The lowest BCUT2D eigenvalue weighted by atomic mass is 10.0. The van der Waals surface area contributed by atoms with Crippen molar-refractivity contribution in [3.05, 3.63) is 76.9 Å². The van der Waals surface area contributed by atoms with Crippen molar-refractivity contribution < 1.29 is 4.79 Å². The van der Waals surface area contributed by atoms with Gasteiger partial charge in [0.1, 0.15) is 0 Å². The third-order valence-electron chi connectivity index (χ3n) is 3.68. The lowest BCUT2D eigenvalue weighted by Crippen LogP contribution is -1.94. The molecule has 0 heterocycles. The maximum atomic E-state index is 12.1. The Kier molecular flexibility index (Phi) is 5.10. The molecule has 0 N–H and O–H groups in total. The second kappa shape index (κ2) is 7.03. The molecule has 0 saturated carbocycles. The lowest BCUT2D eigenvalue weighted by molar-refractivity contribution is 0.104.